The fourth-order valence-electron chi connectivity index (χ4n) is 8.20. The Labute approximate surface area is 274 Å². The summed E-state index contributed by atoms with van der Waals surface area (Å²) in [5, 5.41) is 2.47. The molecule has 7 aromatic rings. The summed E-state index contributed by atoms with van der Waals surface area (Å²) in [5.41, 5.74) is 11.9. The Bertz CT molecular complexity index is 2360. The van der Waals surface area contributed by atoms with Gasteiger partial charge in [0.25, 0.3) is 6.71 Å². The molecule has 0 spiro atoms. The van der Waals surface area contributed by atoms with Gasteiger partial charge in [0.15, 0.2) is 0 Å². The number of para-hydroxylation sites is 3. The van der Waals surface area contributed by atoms with Crippen molar-refractivity contribution in [2.24, 2.45) is 0 Å². The average molecular weight is 604 g/mol. The quantitative estimate of drug-likeness (QED) is 0.188. The summed E-state index contributed by atoms with van der Waals surface area (Å²) in [6, 6.07) is 52.0. The van der Waals surface area contributed by atoms with E-state index in [1.807, 2.05) is 12.1 Å². The number of hydrogen-bond donors (Lipinski definition) is 0. The van der Waals surface area contributed by atoms with Crippen molar-refractivity contribution in [1.29, 1.82) is 0 Å². The molecule has 0 bridgehead atoms. The molecule has 222 valence electrons. The third kappa shape index (κ3) is 3.70. The lowest BCUT2D eigenvalue weighted by atomic mass is 9.34. The van der Waals surface area contributed by atoms with Crippen molar-refractivity contribution >= 4 is 50.9 Å². The zero-order valence-corrected chi connectivity index (χ0v) is 26.2. The van der Waals surface area contributed by atoms with Gasteiger partial charge in [-0.25, -0.2) is 0 Å². The third-order valence-corrected chi connectivity index (χ3v) is 10.4. The maximum atomic E-state index is 6.75. The standard InChI is InChI=1S/C43H30BNO2/c1-43(2)32-25-35-40(47-39-23-13-22-38-42(39)44(35)34-20-11-12-21-37(34)46-38)24-31(32)41-30-19-10-9-18-29(30)36(26-33(41)43)45(27-14-5-3-6-15-27)28-16-7-4-8-17-28/h3-26H,1-2H3. The summed E-state index contributed by atoms with van der Waals surface area (Å²) >= 11 is 0. The molecule has 2 heterocycles. The summed E-state index contributed by atoms with van der Waals surface area (Å²) in [5.74, 6) is 3.57. The summed E-state index contributed by atoms with van der Waals surface area (Å²) in [7, 11) is 0. The maximum Gasteiger partial charge on any atom is 0.260 e. The minimum Gasteiger partial charge on any atom is -0.458 e. The molecule has 1 aliphatic carbocycles. The predicted octanol–water partition coefficient (Wildman–Crippen LogP) is 9.34. The highest BCUT2D eigenvalue weighted by atomic mass is 16.5. The SMILES string of the molecule is CC1(C)c2cc3c(cc2-c2c1cc(N(c1ccccc1)c1ccccc1)c1ccccc21)Oc1cccc2c1B3c1ccccc1O2. The van der Waals surface area contributed by atoms with E-state index in [1.54, 1.807) is 0 Å². The Morgan fingerprint density at radius 2 is 1.11 bits per heavy atom. The van der Waals surface area contributed by atoms with Crippen LogP contribution in [0.15, 0.2) is 146 Å². The van der Waals surface area contributed by atoms with Crippen LogP contribution in [0.25, 0.3) is 21.9 Å². The second kappa shape index (κ2) is 9.64. The first kappa shape index (κ1) is 26.5. The molecule has 0 atom stereocenters. The van der Waals surface area contributed by atoms with Gasteiger partial charge in [-0.2, -0.15) is 0 Å². The first-order valence-electron chi connectivity index (χ1n) is 16.3. The van der Waals surface area contributed by atoms with Crippen LogP contribution in [0, 0.1) is 0 Å². The van der Waals surface area contributed by atoms with Gasteiger partial charge in [0, 0.05) is 27.6 Å². The third-order valence-electron chi connectivity index (χ3n) is 10.4. The first-order chi connectivity index (χ1) is 23.1. The largest absolute Gasteiger partial charge is 0.458 e. The van der Waals surface area contributed by atoms with E-state index in [4.69, 9.17) is 9.47 Å². The molecule has 0 saturated carbocycles. The molecule has 0 unspecified atom stereocenters. The van der Waals surface area contributed by atoms with E-state index in [-0.39, 0.29) is 12.1 Å². The highest BCUT2D eigenvalue weighted by molar-refractivity contribution is 6.98. The van der Waals surface area contributed by atoms with Crippen LogP contribution in [0.3, 0.4) is 0 Å². The normalized spacial score (nSPS) is 14.2. The van der Waals surface area contributed by atoms with Crippen LogP contribution in [0.5, 0.6) is 23.0 Å². The van der Waals surface area contributed by atoms with E-state index in [0.717, 1.165) is 39.8 Å². The topological polar surface area (TPSA) is 21.7 Å². The summed E-state index contributed by atoms with van der Waals surface area (Å²) in [4.78, 5) is 2.40. The molecule has 4 heteroatoms. The van der Waals surface area contributed by atoms with E-state index in [2.05, 4.69) is 152 Å². The molecule has 0 fully saturated rings. The Morgan fingerprint density at radius 1 is 0.511 bits per heavy atom. The number of hydrogen-bond acceptors (Lipinski definition) is 3. The van der Waals surface area contributed by atoms with Gasteiger partial charge in [-0.3, -0.25) is 0 Å². The van der Waals surface area contributed by atoms with Crippen molar-refractivity contribution in [2.45, 2.75) is 19.3 Å². The lowest BCUT2D eigenvalue weighted by Crippen LogP contribution is -2.57. The van der Waals surface area contributed by atoms with Gasteiger partial charge in [0.1, 0.15) is 23.0 Å². The minimum atomic E-state index is -0.248. The number of rotatable bonds is 3. The Kier molecular flexibility index (Phi) is 5.43. The van der Waals surface area contributed by atoms with Gasteiger partial charge in [0.2, 0.25) is 0 Å². The zero-order valence-electron chi connectivity index (χ0n) is 26.2. The number of anilines is 3. The van der Waals surface area contributed by atoms with E-state index in [9.17, 15) is 0 Å². The molecule has 0 aromatic heterocycles. The van der Waals surface area contributed by atoms with Crippen LogP contribution >= 0.6 is 0 Å². The molecule has 0 amide bonds. The van der Waals surface area contributed by atoms with Crippen LogP contribution < -0.4 is 30.8 Å². The highest BCUT2D eigenvalue weighted by Crippen LogP contribution is 2.55. The van der Waals surface area contributed by atoms with Gasteiger partial charge in [0.05, 0.1) is 5.69 Å². The zero-order chi connectivity index (χ0) is 31.3. The van der Waals surface area contributed by atoms with Gasteiger partial charge in [-0.1, -0.05) is 105 Å². The summed E-state index contributed by atoms with van der Waals surface area (Å²) in [6.45, 7) is 4.79. The molecular formula is C43H30BNO2. The first-order valence-corrected chi connectivity index (χ1v) is 16.3. The van der Waals surface area contributed by atoms with Gasteiger partial charge < -0.3 is 14.4 Å². The lowest BCUT2D eigenvalue weighted by molar-refractivity contribution is 0.464. The number of benzene rings is 7. The maximum absolute atomic E-state index is 6.75. The van der Waals surface area contributed by atoms with Crippen molar-refractivity contribution in [1.82, 2.24) is 0 Å². The van der Waals surface area contributed by atoms with Crippen molar-refractivity contribution < 1.29 is 9.47 Å². The monoisotopic (exact) mass is 603 g/mol. The van der Waals surface area contributed by atoms with Crippen molar-refractivity contribution in [2.75, 3.05) is 4.90 Å². The van der Waals surface area contributed by atoms with Crippen molar-refractivity contribution in [3.05, 3.63) is 157 Å². The van der Waals surface area contributed by atoms with Crippen LogP contribution in [0.1, 0.15) is 25.0 Å². The molecule has 0 saturated heterocycles. The van der Waals surface area contributed by atoms with Gasteiger partial charge in [-0.05, 0) is 93.2 Å². The molecule has 3 nitrogen and oxygen atoms in total. The second-order valence-corrected chi connectivity index (χ2v) is 13.3. The average Bonchev–Trinajstić information content (AvgIpc) is 3.33. The van der Waals surface area contributed by atoms with E-state index >= 15 is 0 Å². The molecule has 47 heavy (non-hydrogen) atoms. The van der Waals surface area contributed by atoms with Gasteiger partial charge in [-0.15, -0.1) is 0 Å². The molecule has 0 radical (unpaired) electrons. The second-order valence-electron chi connectivity index (χ2n) is 13.3. The van der Waals surface area contributed by atoms with Crippen molar-refractivity contribution in [3.63, 3.8) is 0 Å². The molecule has 7 aromatic carbocycles. The Balaban J connectivity index is 1.23. The van der Waals surface area contributed by atoms with Gasteiger partial charge >= 0.3 is 0 Å². The number of fused-ring (bicyclic) bond motifs is 9. The van der Waals surface area contributed by atoms with Crippen LogP contribution in [0.2, 0.25) is 0 Å². The smallest absolute Gasteiger partial charge is 0.260 e. The lowest BCUT2D eigenvalue weighted by Gasteiger charge is -2.33. The summed E-state index contributed by atoms with van der Waals surface area (Å²) in [6.07, 6.45) is 0. The van der Waals surface area contributed by atoms with Crippen LogP contribution in [-0.2, 0) is 5.41 Å². The van der Waals surface area contributed by atoms with E-state index in [1.165, 1.54) is 49.6 Å². The number of ether oxygens (including phenoxy) is 2. The van der Waals surface area contributed by atoms with Crippen LogP contribution in [0.4, 0.5) is 17.1 Å². The number of nitrogens with zero attached hydrogens (tertiary/aromatic N) is 1. The molecule has 10 rings (SSSR count). The molecule has 2 aliphatic heterocycles. The van der Waals surface area contributed by atoms with Crippen LogP contribution in [-0.4, -0.2) is 6.71 Å². The fraction of sp³-hybridized carbons (Fsp3) is 0.0698. The van der Waals surface area contributed by atoms with E-state index < -0.39 is 0 Å². The Hall–Kier alpha value is -5.74. The highest BCUT2D eigenvalue weighted by Gasteiger charge is 2.44. The minimum absolute atomic E-state index is 0.0404. The Morgan fingerprint density at radius 3 is 1.83 bits per heavy atom. The van der Waals surface area contributed by atoms with E-state index in [0.29, 0.717) is 0 Å². The molecular weight excluding hydrogens is 573 g/mol. The fourth-order valence-corrected chi connectivity index (χ4v) is 8.20. The molecule has 0 N–H and O–H groups in total. The molecule has 3 aliphatic rings. The summed E-state index contributed by atoms with van der Waals surface area (Å²) < 4.78 is 13.1. The predicted molar refractivity (Wildman–Crippen MR) is 194 cm³/mol. The van der Waals surface area contributed by atoms with Crippen molar-refractivity contribution in [3.8, 4) is 34.1 Å².